The van der Waals surface area contributed by atoms with Crippen LogP contribution >= 0.6 is 22.7 Å². The first kappa shape index (κ1) is 21.0. The number of aromatic nitrogens is 1. The minimum Gasteiger partial charge on any atom is -0.466 e. The van der Waals surface area contributed by atoms with Gasteiger partial charge in [0.05, 0.1) is 29.0 Å². The van der Waals surface area contributed by atoms with Gasteiger partial charge >= 0.3 is 11.9 Å². The molecule has 0 saturated carbocycles. The van der Waals surface area contributed by atoms with Crippen LogP contribution in [0.15, 0.2) is 62.8 Å². The number of hydrogen-bond acceptors (Lipinski definition) is 8. The normalized spacial score (nSPS) is 16.0. The van der Waals surface area contributed by atoms with Gasteiger partial charge in [0.15, 0.2) is 4.80 Å². The summed E-state index contributed by atoms with van der Waals surface area (Å²) in [4.78, 5) is 43.2. The Bertz CT molecular complexity index is 1360. The van der Waals surface area contributed by atoms with Gasteiger partial charge in [-0.25, -0.2) is 9.79 Å². The number of esters is 2. The van der Waals surface area contributed by atoms with Crippen molar-refractivity contribution in [1.29, 1.82) is 0 Å². The van der Waals surface area contributed by atoms with E-state index in [9.17, 15) is 14.4 Å². The summed E-state index contributed by atoms with van der Waals surface area (Å²) in [5.74, 6) is -0.607. The zero-order valence-corrected chi connectivity index (χ0v) is 18.6. The Hall–Kier alpha value is -3.30. The van der Waals surface area contributed by atoms with E-state index in [1.165, 1.54) is 41.3 Å². The molecule has 0 fully saturated rings. The van der Waals surface area contributed by atoms with Gasteiger partial charge in [-0.05, 0) is 42.1 Å². The van der Waals surface area contributed by atoms with Gasteiger partial charge in [-0.2, -0.15) is 0 Å². The van der Waals surface area contributed by atoms with E-state index in [1.54, 1.807) is 31.2 Å². The van der Waals surface area contributed by atoms with Gasteiger partial charge in [-0.15, -0.1) is 11.3 Å². The second kappa shape index (κ2) is 8.44. The number of rotatable bonds is 4. The van der Waals surface area contributed by atoms with Gasteiger partial charge in [0, 0.05) is 11.8 Å². The smallest absolute Gasteiger partial charge is 0.338 e. The van der Waals surface area contributed by atoms with Crippen LogP contribution in [0.2, 0.25) is 0 Å². The molecule has 7 nitrogen and oxygen atoms in total. The Morgan fingerprint density at radius 3 is 2.55 bits per heavy atom. The third-order valence-electron chi connectivity index (χ3n) is 4.70. The second-order valence-electron chi connectivity index (χ2n) is 6.75. The van der Waals surface area contributed by atoms with E-state index in [2.05, 4.69) is 4.99 Å². The number of carbonyl (C=O) groups is 2. The van der Waals surface area contributed by atoms with E-state index < -0.39 is 18.0 Å². The van der Waals surface area contributed by atoms with Crippen molar-refractivity contribution in [3.63, 3.8) is 0 Å². The molecule has 2 aromatic heterocycles. The highest BCUT2D eigenvalue weighted by atomic mass is 32.1. The van der Waals surface area contributed by atoms with E-state index in [-0.39, 0.29) is 11.1 Å². The molecule has 0 aliphatic carbocycles. The summed E-state index contributed by atoms with van der Waals surface area (Å²) in [6, 6.07) is 9.84. The van der Waals surface area contributed by atoms with Gasteiger partial charge in [0.2, 0.25) is 0 Å². The molecular formula is C22H18N2O5S2. The van der Waals surface area contributed by atoms with Crippen molar-refractivity contribution in [1.82, 2.24) is 4.57 Å². The predicted octanol–water partition coefficient (Wildman–Crippen LogP) is 2.40. The molecule has 1 atom stereocenters. The third-order valence-corrected chi connectivity index (χ3v) is 6.50. The highest BCUT2D eigenvalue weighted by Crippen LogP contribution is 2.31. The summed E-state index contributed by atoms with van der Waals surface area (Å²) in [5.41, 5.74) is 1.22. The quantitative estimate of drug-likeness (QED) is 0.446. The summed E-state index contributed by atoms with van der Waals surface area (Å²) < 4.78 is 12.1. The summed E-state index contributed by atoms with van der Waals surface area (Å²) in [5, 5.41) is 1.94. The van der Waals surface area contributed by atoms with Crippen LogP contribution in [0, 0.1) is 0 Å². The van der Waals surface area contributed by atoms with Gasteiger partial charge in [-0.1, -0.05) is 29.5 Å². The monoisotopic (exact) mass is 454 g/mol. The van der Waals surface area contributed by atoms with Crippen LogP contribution in [0.1, 0.15) is 30.3 Å². The van der Waals surface area contributed by atoms with Crippen LogP contribution in [0.3, 0.4) is 0 Å². The molecule has 31 heavy (non-hydrogen) atoms. The van der Waals surface area contributed by atoms with E-state index in [0.717, 1.165) is 4.88 Å². The SMILES string of the molecule is COC(=O)C1=C(C)N=c2s/c(=C\c3cccs3)c(=O)n2[C@H]1c1ccc(OC(C)=O)cc1. The maximum atomic E-state index is 13.3. The Kier molecular flexibility index (Phi) is 5.71. The largest absolute Gasteiger partial charge is 0.466 e. The number of methoxy groups -OCH3 is 1. The molecule has 0 radical (unpaired) electrons. The summed E-state index contributed by atoms with van der Waals surface area (Å²) in [7, 11) is 1.30. The molecule has 158 valence electrons. The number of nitrogens with zero attached hydrogens (tertiary/aromatic N) is 2. The molecule has 0 saturated heterocycles. The van der Waals surface area contributed by atoms with Crippen LogP contribution in [0.4, 0.5) is 0 Å². The molecule has 3 aromatic rings. The van der Waals surface area contributed by atoms with E-state index in [0.29, 0.717) is 26.3 Å². The fourth-order valence-electron chi connectivity index (χ4n) is 3.39. The molecular weight excluding hydrogens is 436 g/mol. The van der Waals surface area contributed by atoms with Crippen molar-refractivity contribution < 1.29 is 19.1 Å². The van der Waals surface area contributed by atoms with Gasteiger partial charge in [0.1, 0.15) is 5.75 Å². The van der Waals surface area contributed by atoms with Gasteiger partial charge in [0.25, 0.3) is 5.56 Å². The Morgan fingerprint density at radius 2 is 1.94 bits per heavy atom. The zero-order chi connectivity index (χ0) is 22.1. The van der Waals surface area contributed by atoms with Gasteiger partial charge < -0.3 is 9.47 Å². The molecule has 0 spiro atoms. The van der Waals surface area contributed by atoms with Crippen LogP contribution in [-0.2, 0) is 14.3 Å². The van der Waals surface area contributed by atoms with Crippen molar-refractivity contribution in [2.24, 2.45) is 4.99 Å². The standard InChI is InChI=1S/C22H18N2O5S2/c1-12-18(21(27)28-3)19(14-6-8-15(9-7-14)29-13(2)25)24-20(26)17(31-22(24)23-12)11-16-5-4-10-30-16/h4-11,19H,1-3H3/b17-11-/t19-/m0/s1. The molecule has 1 aliphatic heterocycles. The lowest BCUT2D eigenvalue weighted by Gasteiger charge is -2.24. The van der Waals surface area contributed by atoms with Crippen LogP contribution in [0.25, 0.3) is 6.08 Å². The minimum absolute atomic E-state index is 0.236. The zero-order valence-electron chi connectivity index (χ0n) is 16.9. The second-order valence-corrected chi connectivity index (χ2v) is 8.74. The predicted molar refractivity (Wildman–Crippen MR) is 118 cm³/mol. The Labute approximate surface area is 185 Å². The molecule has 0 unspecified atom stereocenters. The lowest BCUT2D eigenvalue weighted by atomic mass is 9.96. The van der Waals surface area contributed by atoms with Gasteiger partial charge in [-0.3, -0.25) is 14.2 Å². The van der Waals surface area contributed by atoms with Crippen LogP contribution < -0.4 is 19.6 Å². The number of ether oxygens (including phenoxy) is 2. The number of benzene rings is 1. The van der Waals surface area contributed by atoms with Crippen molar-refractivity contribution in [2.45, 2.75) is 19.9 Å². The van der Waals surface area contributed by atoms with Crippen molar-refractivity contribution in [2.75, 3.05) is 7.11 Å². The summed E-state index contributed by atoms with van der Waals surface area (Å²) >= 11 is 2.81. The first-order chi connectivity index (χ1) is 14.9. The van der Waals surface area contributed by atoms with E-state index in [1.807, 2.05) is 23.6 Å². The maximum Gasteiger partial charge on any atom is 0.338 e. The molecule has 4 rings (SSSR count). The number of thiophene rings is 1. The number of thiazole rings is 1. The molecule has 1 aliphatic rings. The first-order valence-electron chi connectivity index (χ1n) is 9.32. The lowest BCUT2D eigenvalue weighted by molar-refractivity contribution is -0.136. The third kappa shape index (κ3) is 4.01. The average molecular weight is 455 g/mol. The number of fused-ring (bicyclic) bond motifs is 1. The molecule has 1 aromatic carbocycles. The topological polar surface area (TPSA) is 87.0 Å². The highest BCUT2D eigenvalue weighted by Gasteiger charge is 2.33. The molecule has 0 bridgehead atoms. The number of carbonyl (C=O) groups excluding carboxylic acids is 2. The molecule has 0 amide bonds. The molecule has 3 heterocycles. The minimum atomic E-state index is -0.708. The maximum absolute atomic E-state index is 13.3. The first-order valence-corrected chi connectivity index (χ1v) is 11.0. The highest BCUT2D eigenvalue weighted by molar-refractivity contribution is 7.11. The molecule has 9 heteroatoms. The lowest BCUT2D eigenvalue weighted by Crippen LogP contribution is -2.39. The average Bonchev–Trinajstić information content (AvgIpc) is 3.35. The number of hydrogen-bond donors (Lipinski definition) is 0. The summed E-state index contributed by atoms with van der Waals surface area (Å²) in [6.07, 6.45) is 1.83. The molecule has 0 N–H and O–H groups in total. The van der Waals surface area contributed by atoms with Crippen molar-refractivity contribution >= 4 is 40.7 Å². The Balaban J connectivity index is 1.91. The van der Waals surface area contributed by atoms with E-state index in [4.69, 9.17) is 9.47 Å². The van der Waals surface area contributed by atoms with Crippen molar-refractivity contribution in [3.05, 3.63) is 83.2 Å². The fourth-order valence-corrected chi connectivity index (χ4v) is 5.16. The van der Waals surface area contributed by atoms with Crippen LogP contribution in [0.5, 0.6) is 5.75 Å². The summed E-state index contributed by atoms with van der Waals surface area (Å²) in [6.45, 7) is 3.05. The Morgan fingerprint density at radius 1 is 1.19 bits per heavy atom. The number of allylic oxidation sites excluding steroid dienone is 1. The van der Waals surface area contributed by atoms with E-state index >= 15 is 0 Å². The fraction of sp³-hybridized carbons (Fsp3) is 0.182. The van der Waals surface area contributed by atoms with Crippen LogP contribution in [-0.4, -0.2) is 23.6 Å². The van der Waals surface area contributed by atoms with Crippen molar-refractivity contribution in [3.8, 4) is 5.75 Å².